The lowest BCUT2D eigenvalue weighted by molar-refractivity contribution is -0.0271. The molecule has 0 saturated carbocycles. The van der Waals surface area contributed by atoms with Crippen molar-refractivity contribution in [2.24, 2.45) is 0 Å². The number of likely N-dealkylation sites (tertiary alicyclic amines) is 1. The number of nitrogens with zero attached hydrogens (tertiary/aromatic N) is 2. The number of benzene rings is 2. The van der Waals surface area contributed by atoms with Gasteiger partial charge in [0.2, 0.25) is 0 Å². The molecule has 136 valence electrons. The Balaban J connectivity index is 1.72. The quantitative estimate of drug-likeness (QED) is 0.751. The van der Waals surface area contributed by atoms with Gasteiger partial charge in [0.1, 0.15) is 17.7 Å². The molecule has 3 aromatic rings. The number of para-hydroxylation sites is 2. The summed E-state index contributed by atoms with van der Waals surface area (Å²) in [6.07, 6.45) is 1.72. The molecule has 0 spiro atoms. The van der Waals surface area contributed by atoms with Crippen LogP contribution >= 0.6 is 0 Å². The first-order valence-corrected chi connectivity index (χ1v) is 9.19. The average Bonchev–Trinajstić information content (AvgIpc) is 3.07. The predicted octanol–water partition coefficient (Wildman–Crippen LogP) is 3.78. The average molecular weight is 351 g/mol. The molecule has 1 aliphatic heterocycles. The maximum absolute atomic E-state index is 10.4. The Morgan fingerprint density at radius 2 is 1.92 bits per heavy atom. The van der Waals surface area contributed by atoms with E-state index in [0.717, 1.165) is 53.9 Å². The molecule has 0 aliphatic carbocycles. The van der Waals surface area contributed by atoms with E-state index >= 15 is 0 Å². The molecule has 5 heteroatoms. The van der Waals surface area contributed by atoms with Crippen LogP contribution in [0.4, 0.5) is 0 Å². The van der Waals surface area contributed by atoms with Gasteiger partial charge in [-0.3, -0.25) is 0 Å². The van der Waals surface area contributed by atoms with Gasteiger partial charge in [-0.15, -0.1) is 0 Å². The number of nitrogens with one attached hydrogen (secondary N) is 1. The highest BCUT2D eigenvalue weighted by atomic mass is 16.5. The van der Waals surface area contributed by atoms with Crippen molar-refractivity contribution < 1.29 is 9.84 Å². The van der Waals surface area contributed by atoms with Gasteiger partial charge in [-0.1, -0.05) is 30.3 Å². The number of phenols is 1. The van der Waals surface area contributed by atoms with Crippen molar-refractivity contribution in [3.8, 4) is 5.75 Å². The fraction of sp³-hybridized carbons (Fsp3) is 0.381. The topological polar surface area (TPSA) is 61.4 Å². The number of aromatic nitrogens is 2. The largest absolute Gasteiger partial charge is 0.508 e. The van der Waals surface area contributed by atoms with E-state index in [1.807, 2.05) is 30.3 Å². The Morgan fingerprint density at radius 1 is 1.15 bits per heavy atom. The van der Waals surface area contributed by atoms with Crippen LogP contribution < -0.4 is 0 Å². The van der Waals surface area contributed by atoms with Gasteiger partial charge in [0.25, 0.3) is 0 Å². The molecule has 0 unspecified atom stereocenters. The number of H-pyrrole nitrogens is 1. The standard InChI is InChI=1S/C21H25N3O2/c1-14-6-5-8-17-19(14)23-21(22-17)20(16-7-3-4-9-18(16)25)26-15-10-12-24(2)13-11-15/h3-9,15,20,25H,10-13H2,1-2H3,(H,22,23)/t20-/m1/s1. The summed E-state index contributed by atoms with van der Waals surface area (Å²) in [7, 11) is 2.14. The Kier molecular flexibility index (Phi) is 4.66. The SMILES string of the molecule is Cc1cccc2[nH]c([C@H](OC3CCN(C)CC3)c3ccccc3O)nc12. The predicted molar refractivity (Wildman–Crippen MR) is 102 cm³/mol. The molecule has 1 aromatic heterocycles. The molecule has 1 aliphatic rings. The zero-order valence-electron chi connectivity index (χ0n) is 15.3. The Labute approximate surface area is 153 Å². The maximum atomic E-state index is 10.4. The van der Waals surface area contributed by atoms with Gasteiger partial charge in [0, 0.05) is 18.7 Å². The smallest absolute Gasteiger partial charge is 0.144 e. The summed E-state index contributed by atoms with van der Waals surface area (Å²) in [4.78, 5) is 10.5. The first kappa shape index (κ1) is 17.1. The molecule has 5 nitrogen and oxygen atoms in total. The van der Waals surface area contributed by atoms with E-state index in [4.69, 9.17) is 9.72 Å². The summed E-state index contributed by atoms with van der Waals surface area (Å²) in [6, 6.07) is 13.5. The lowest BCUT2D eigenvalue weighted by Crippen LogP contribution is -2.35. The zero-order valence-corrected chi connectivity index (χ0v) is 15.3. The van der Waals surface area contributed by atoms with Crippen LogP contribution in [0.15, 0.2) is 42.5 Å². The summed E-state index contributed by atoms with van der Waals surface area (Å²) in [6.45, 7) is 4.11. The number of phenolic OH excluding ortho intramolecular Hbond substituents is 1. The third kappa shape index (κ3) is 3.32. The highest BCUT2D eigenvalue weighted by Crippen LogP contribution is 2.34. The Bertz CT molecular complexity index is 897. The molecular formula is C21H25N3O2. The van der Waals surface area contributed by atoms with Crippen molar-refractivity contribution >= 4 is 11.0 Å². The zero-order chi connectivity index (χ0) is 18.1. The second-order valence-electron chi connectivity index (χ2n) is 7.17. The highest BCUT2D eigenvalue weighted by molar-refractivity contribution is 5.78. The molecule has 1 saturated heterocycles. The molecule has 26 heavy (non-hydrogen) atoms. The molecule has 2 heterocycles. The number of fused-ring (bicyclic) bond motifs is 1. The van der Waals surface area contributed by atoms with Gasteiger partial charge < -0.3 is 19.7 Å². The third-order valence-electron chi connectivity index (χ3n) is 5.19. The number of aromatic amines is 1. The van der Waals surface area contributed by atoms with Crippen LogP contribution in [0.5, 0.6) is 5.75 Å². The first-order valence-electron chi connectivity index (χ1n) is 9.19. The van der Waals surface area contributed by atoms with E-state index in [1.165, 1.54) is 0 Å². The van der Waals surface area contributed by atoms with Crippen LogP contribution in [0, 0.1) is 6.92 Å². The number of ether oxygens (including phenoxy) is 1. The molecule has 4 rings (SSSR count). The number of piperidine rings is 1. The summed E-state index contributed by atoms with van der Waals surface area (Å²) in [5.41, 5.74) is 3.82. The lowest BCUT2D eigenvalue weighted by atomic mass is 10.0. The van der Waals surface area contributed by atoms with E-state index in [1.54, 1.807) is 6.07 Å². The minimum Gasteiger partial charge on any atom is -0.508 e. The summed E-state index contributed by atoms with van der Waals surface area (Å²) in [5.74, 6) is 0.984. The van der Waals surface area contributed by atoms with E-state index in [2.05, 4.69) is 29.9 Å². The van der Waals surface area contributed by atoms with Crippen LogP contribution in [-0.2, 0) is 4.74 Å². The molecule has 0 radical (unpaired) electrons. The van der Waals surface area contributed by atoms with Crippen molar-refractivity contribution in [2.45, 2.75) is 32.0 Å². The Morgan fingerprint density at radius 3 is 2.65 bits per heavy atom. The second kappa shape index (κ2) is 7.09. The molecular weight excluding hydrogens is 326 g/mol. The molecule has 2 N–H and O–H groups in total. The van der Waals surface area contributed by atoms with Crippen molar-refractivity contribution in [1.29, 1.82) is 0 Å². The van der Waals surface area contributed by atoms with Gasteiger partial charge in [-0.2, -0.15) is 0 Å². The molecule has 1 atom stereocenters. The van der Waals surface area contributed by atoms with Crippen LogP contribution in [0.3, 0.4) is 0 Å². The van der Waals surface area contributed by atoms with Gasteiger partial charge in [0.15, 0.2) is 0 Å². The molecule has 2 aromatic carbocycles. The normalized spacial score (nSPS) is 17.6. The van der Waals surface area contributed by atoms with Crippen LogP contribution in [0.25, 0.3) is 11.0 Å². The summed E-state index contributed by atoms with van der Waals surface area (Å²) < 4.78 is 6.48. The Hall–Kier alpha value is -2.37. The molecule has 0 bridgehead atoms. The number of rotatable bonds is 4. The van der Waals surface area contributed by atoms with Crippen LogP contribution in [0.1, 0.15) is 35.9 Å². The second-order valence-corrected chi connectivity index (χ2v) is 7.17. The van der Waals surface area contributed by atoms with Crippen molar-refractivity contribution in [3.05, 3.63) is 59.4 Å². The lowest BCUT2D eigenvalue weighted by Gasteiger charge is -2.31. The summed E-state index contributed by atoms with van der Waals surface area (Å²) in [5, 5.41) is 10.4. The number of aromatic hydroxyl groups is 1. The van der Waals surface area contributed by atoms with E-state index < -0.39 is 6.10 Å². The van der Waals surface area contributed by atoms with Crippen LogP contribution in [-0.4, -0.2) is 46.2 Å². The van der Waals surface area contributed by atoms with Gasteiger partial charge >= 0.3 is 0 Å². The van der Waals surface area contributed by atoms with E-state index in [9.17, 15) is 5.11 Å². The highest BCUT2D eigenvalue weighted by Gasteiger charge is 2.27. The van der Waals surface area contributed by atoms with Gasteiger partial charge in [-0.25, -0.2) is 4.98 Å². The monoisotopic (exact) mass is 351 g/mol. The van der Waals surface area contributed by atoms with Crippen LogP contribution in [0.2, 0.25) is 0 Å². The fourth-order valence-electron chi connectivity index (χ4n) is 3.63. The van der Waals surface area contributed by atoms with E-state index in [-0.39, 0.29) is 11.9 Å². The van der Waals surface area contributed by atoms with Gasteiger partial charge in [0.05, 0.1) is 17.1 Å². The van der Waals surface area contributed by atoms with Crippen molar-refractivity contribution in [2.75, 3.05) is 20.1 Å². The first-order chi connectivity index (χ1) is 12.6. The maximum Gasteiger partial charge on any atom is 0.144 e. The fourth-order valence-corrected chi connectivity index (χ4v) is 3.63. The number of hydrogen-bond donors (Lipinski definition) is 2. The minimum absolute atomic E-state index is 0.158. The number of hydrogen-bond acceptors (Lipinski definition) is 4. The van der Waals surface area contributed by atoms with Crippen molar-refractivity contribution in [1.82, 2.24) is 14.9 Å². The number of imidazole rings is 1. The summed E-state index contributed by atoms with van der Waals surface area (Å²) >= 11 is 0. The van der Waals surface area contributed by atoms with Crippen molar-refractivity contribution in [3.63, 3.8) is 0 Å². The molecule has 1 fully saturated rings. The third-order valence-corrected chi connectivity index (χ3v) is 5.19. The minimum atomic E-state index is -0.406. The number of aryl methyl sites for hydroxylation is 1. The molecule has 0 amide bonds. The van der Waals surface area contributed by atoms with Gasteiger partial charge in [-0.05, 0) is 44.5 Å². The van der Waals surface area contributed by atoms with E-state index in [0.29, 0.717) is 0 Å².